The number of aromatic nitrogens is 3. The van der Waals surface area contributed by atoms with E-state index in [1.807, 2.05) is 60.7 Å². The number of carbonyl (C=O) groups is 1. The van der Waals surface area contributed by atoms with Gasteiger partial charge >= 0.3 is 0 Å². The lowest BCUT2D eigenvalue weighted by molar-refractivity contribution is -0.131. The van der Waals surface area contributed by atoms with Crippen LogP contribution < -0.4 is 9.47 Å². The fourth-order valence-electron chi connectivity index (χ4n) is 3.84. The average Bonchev–Trinajstić information content (AvgIpc) is 3.23. The van der Waals surface area contributed by atoms with Crippen LogP contribution in [0.4, 0.5) is 0 Å². The van der Waals surface area contributed by atoms with Gasteiger partial charge in [0.1, 0.15) is 0 Å². The maximum Gasteiger partial charge on any atom is 0.224 e. The summed E-state index contributed by atoms with van der Waals surface area (Å²) in [6.45, 7) is 1.83. The van der Waals surface area contributed by atoms with E-state index >= 15 is 0 Å². The zero-order valence-corrected chi connectivity index (χ0v) is 18.6. The number of carbonyl (C=O) groups excluding carboxylic acids is 1. The summed E-state index contributed by atoms with van der Waals surface area (Å²) < 4.78 is 13.9. The first-order valence-electron chi connectivity index (χ1n) is 11.3. The predicted octanol–water partition coefficient (Wildman–Crippen LogP) is 4.52. The van der Waals surface area contributed by atoms with Crippen molar-refractivity contribution in [1.82, 2.24) is 19.7 Å². The van der Waals surface area contributed by atoms with Crippen LogP contribution in [0.15, 0.2) is 55.0 Å². The normalized spacial score (nSPS) is 15.0. The number of aryl methyl sites for hydroxylation is 2. The number of pyridine rings is 1. The maximum absolute atomic E-state index is 13.1. The Morgan fingerprint density at radius 3 is 2.75 bits per heavy atom. The molecule has 0 aliphatic carbocycles. The number of hydrogen-bond donors (Lipinski definition) is 0. The number of nitrogens with zero attached hydrogens (tertiary/aromatic N) is 4. The molecule has 7 nitrogen and oxygen atoms in total. The summed E-state index contributed by atoms with van der Waals surface area (Å²) in [5, 5.41) is 4.20. The molecule has 3 heterocycles. The summed E-state index contributed by atoms with van der Waals surface area (Å²) in [6, 6.07) is 11.5. The third-order valence-corrected chi connectivity index (χ3v) is 5.59. The molecule has 4 rings (SSSR count). The summed E-state index contributed by atoms with van der Waals surface area (Å²) in [5.74, 6) is 2.00. The zero-order chi connectivity index (χ0) is 22.2. The van der Waals surface area contributed by atoms with Gasteiger partial charge in [-0.15, -0.1) is 0 Å². The Kier molecular flexibility index (Phi) is 7.38. The molecule has 0 fully saturated rings. The number of para-hydroxylation sites is 2. The summed E-state index contributed by atoms with van der Waals surface area (Å²) in [4.78, 5) is 19.5. The molecule has 1 aliphatic rings. The lowest BCUT2D eigenvalue weighted by Gasteiger charge is -2.24. The van der Waals surface area contributed by atoms with Crippen molar-refractivity contribution in [1.29, 1.82) is 0 Å². The Hall–Kier alpha value is -3.35. The van der Waals surface area contributed by atoms with Crippen LogP contribution in [0.2, 0.25) is 0 Å². The van der Waals surface area contributed by atoms with Crippen LogP contribution in [0.5, 0.6) is 17.4 Å². The molecular weight excluding hydrogens is 404 g/mol. The number of hydrogen-bond acceptors (Lipinski definition) is 5. The van der Waals surface area contributed by atoms with Crippen molar-refractivity contribution in [3.05, 3.63) is 66.1 Å². The minimum atomic E-state index is 0.138. The predicted molar refractivity (Wildman–Crippen MR) is 122 cm³/mol. The summed E-state index contributed by atoms with van der Waals surface area (Å²) >= 11 is 0. The van der Waals surface area contributed by atoms with Crippen LogP contribution in [0, 0.1) is 0 Å². The van der Waals surface area contributed by atoms with E-state index in [9.17, 15) is 4.79 Å². The topological polar surface area (TPSA) is 69.5 Å². The first kappa shape index (κ1) is 21.9. The van der Waals surface area contributed by atoms with Crippen LogP contribution in [0.3, 0.4) is 0 Å². The number of rotatable bonds is 3. The fourth-order valence-corrected chi connectivity index (χ4v) is 3.84. The molecule has 0 unspecified atom stereocenters. The van der Waals surface area contributed by atoms with Crippen LogP contribution in [-0.4, -0.2) is 38.7 Å². The highest BCUT2D eigenvalue weighted by Crippen LogP contribution is 2.32. The lowest BCUT2D eigenvalue weighted by atomic mass is 10.1. The molecule has 32 heavy (non-hydrogen) atoms. The average molecular weight is 435 g/mol. The van der Waals surface area contributed by atoms with E-state index in [1.165, 1.54) is 0 Å². The SMILES string of the molecule is Cn1cc(CCC(=O)N2CCCCCCOc3ccccc3Oc3ncccc3C2)cn1. The quantitative estimate of drug-likeness (QED) is 0.606. The highest BCUT2D eigenvalue weighted by atomic mass is 16.5. The number of fused-ring (bicyclic) bond motifs is 2. The molecule has 0 spiro atoms. The van der Waals surface area contributed by atoms with Gasteiger partial charge in [0.05, 0.1) is 19.3 Å². The van der Waals surface area contributed by atoms with Crippen LogP contribution in [0.25, 0.3) is 0 Å². The second-order valence-corrected chi connectivity index (χ2v) is 8.12. The maximum atomic E-state index is 13.1. The van der Waals surface area contributed by atoms with E-state index in [0.717, 1.165) is 43.4 Å². The van der Waals surface area contributed by atoms with Gasteiger partial charge < -0.3 is 14.4 Å². The largest absolute Gasteiger partial charge is 0.490 e. The molecule has 2 aromatic heterocycles. The van der Waals surface area contributed by atoms with E-state index in [1.54, 1.807) is 10.9 Å². The Bertz CT molecular complexity index is 1030. The highest BCUT2D eigenvalue weighted by Gasteiger charge is 2.18. The second kappa shape index (κ2) is 10.8. The molecule has 1 aliphatic heterocycles. The van der Waals surface area contributed by atoms with E-state index in [2.05, 4.69) is 10.1 Å². The number of ether oxygens (including phenoxy) is 2. The number of amides is 1. The Morgan fingerprint density at radius 2 is 1.91 bits per heavy atom. The van der Waals surface area contributed by atoms with Crippen molar-refractivity contribution in [3.63, 3.8) is 0 Å². The molecule has 0 saturated carbocycles. The van der Waals surface area contributed by atoms with Gasteiger partial charge in [0.15, 0.2) is 11.5 Å². The van der Waals surface area contributed by atoms with Gasteiger partial charge in [0.2, 0.25) is 11.8 Å². The molecule has 3 aromatic rings. The molecule has 7 heteroatoms. The van der Waals surface area contributed by atoms with Crippen LogP contribution in [-0.2, 0) is 24.8 Å². The van der Waals surface area contributed by atoms with Gasteiger partial charge in [0, 0.05) is 38.0 Å². The van der Waals surface area contributed by atoms with Crippen molar-refractivity contribution < 1.29 is 14.3 Å². The summed E-state index contributed by atoms with van der Waals surface area (Å²) in [7, 11) is 1.89. The monoisotopic (exact) mass is 434 g/mol. The Balaban J connectivity index is 1.54. The first-order chi connectivity index (χ1) is 15.7. The molecule has 0 bridgehead atoms. The molecule has 168 valence electrons. The van der Waals surface area contributed by atoms with Gasteiger partial charge in [-0.3, -0.25) is 9.48 Å². The minimum absolute atomic E-state index is 0.138. The van der Waals surface area contributed by atoms with Crippen LogP contribution in [0.1, 0.15) is 43.2 Å². The smallest absolute Gasteiger partial charge is 0.224 e. The molecule has 0 N–H and O–H groups in total. The summed E-state index contributed by atoms with van der Waals surface area (Å²) in [5.41, 5.74) is 1.96. The highest BCUT2D eigenvalue weighted by molar-refractivity contribution is 5.76. The van der Waals surface area contributed by atoms with Crippen molar-refractivity contribution in [2.45, 2.75) is 45.1 Å². The zero-order valence-electron chi connectivity index (χ0n) is 18.6. The van der Waals surface area contributed by atoms with Gasteiger partial charge in [-0.25, -0.2) is 4.98 Å². The van der Waals surface area contributed by atoms with Crippen molar-refractivity contribution in [3.8, 4) is 17.4 Å². The van der Waals surface area contributed by atoms with Crippen molar-refractivity contribution in [2.75, 3.05) is 13.2 Å². The molecule has 1 aromatic carbocycles. The lowest BCUT2D eigenvalue weighted by Crippen LogP contribution is -2.32. The van der Waals surface area contributed by atoms with Gasteiger partial charge in [0.25, 0.3) is 0 Å². The van der Waals surface area contributed by atoms with E-state index in [4.69, 9.17) is 9.47 Å². The van der Waals surface area contributed by atoms with E-state index < -0.39 is 0 Å². The van der Waals surface area contributed by atoms with Gasteiger partial charge in [-0.05, 0) is 43.0 Å². The molecular formula is C25H30N4O3. The van der Waals surface area contributed by atoms with E-state index in [-0.39, 0.29) is 5.91 Å². The van der Waals surface area contributed by atoms with Crippen LogP contribution >= 0.6 is 0 Å². The van der Waals surface area contributed by atoms with Crippen molar-refractivity contribution in [2.24, 2.45) is 7.05 Å². The standard InChI is InChI=1S/C25H30N4O3/c1-28-18-20(17-27-28)12-13-24(30)29-15-6-2-3-7-16-31-22-10-4-5-11-23(22)32-25-21(19-29)9-8-14-26-25/h4-5,8-11,14,17-18H,2-3,6-7,12-13,15-16,19H2,1H3. The van der Waals surface area contributed by atoms with Crippen molar-refractivity contribution >= 4 is 5.91 Å². The fraction of sp³-hybridized carbons (Fsp3) is 0.400. The number of benzene rings is 1. The Labute approximate surface area is 189 Å². The molecule has 0 saturated heterocycles. The minimum Gasteiger partial charge on any atom is -0.490 e. The van der Waals surface area contributed by atoms with Gasteiger partial charge in [-0.1, -0.05) is 31.0 Å². The molecule has 0 atom stereocenters. The second-order valence-electron chi connectivity index (χ2n) is 8.12. The molecule has 1 amide bonds. The third kappa shape index (κ3) is 5.87. The summed E-state index contributed by atoms with van der Waals surface area (Å²) in [6.07, 6.45) is 10.7. The third-order valence-electron chi connectivity index (χ3n) is 5.59. The first-order valence-corrected chi connectivity index (χ1v) is 11.3. The van der Waals surface area contributed by atoms with E-state index in [0.29, 0.717) is 43.4 Å². The molecule has 0 radical (unpaired) electrons. The van der Waals surface area contributed by atoms with Gasteiger partial charge in [-0.2, -0.15) is 5.10 Å². The Morgan fingerprint density at radius 1 is 1.06 bits per heavy atom.